The van der Waals surface area contributed by atoms with Gasteiger partial charge in [0.25, 0.3) is 5.91 Å². The van der Waals surface area contributed by atoms with Gasteiger partial charge in [-0.2, -0.15) is 0 Å². The average Bonchev–Trinajstić information content (AvgIpc) is 3.38. The number of carbonyl (C=O) groups excluding carboxylic acids is 1. The molecular weight excluding hydrogens is 386 g/mol. The van der Waals surface area contributed by atoms with E-state index in [1.54, 1.807) is 30.7 Å². The molecule has 1 amide bonds. The number of benzene rings is 1. The maximum Gasteiger partial charge on any atom is 0.268 e. The lowest BCUT2D eigenvalue weighted by atomic mass is 10.1. The zero-order valence-corrected chi connectivity index (χ0v) is 16.8. The summed E-state index contributed by atoms with van der Waals surface area (Å²) in [6, 6.07) is 13.2. The molecule has 0 fully saturated rings. The fraction of sp³-hybridized carbons (Fsp3) is 0.136. The van der Waals surface area contributed by atoms with Crippen molar-refractivity contribution in [2.45, 2.75) is 20.5 Å². The quantitative estimate of drug-likeness (QED) is 0.474. The summed E-state index contributed by atoms with van der Waals surface area (Å²) in [5.41, 5.74) is 3.85. The van der Waals surface area contributed by atoms with Gasteiger partial charge in [-0.15, -0.1) is 11.3 Å². The van der Waals surface area contributed by atoms with Gasteiger partial charge < -0.3 is 9.15 Å². The number of nitrogens with one attached hydrogen (secondary N) is 1. The van der Waals surface area contributed by atoms with Crippen molar-refractivity contribution >= 4 is 23.2 Å². The third-order valence-corrected chi connectivity index (χ3v) is 5.11. The molecular formula is C22H19N3O3S. The van der Waals surface area contributed by atoms with Crippen LogP contribution in [0.15, 0.2) is 64.7 Å². The third kappa shape index (κ3) is 4.70. The van der Waals surface area contributed by atoms with Crippen LogP contribution in [0.25, 0.3) is 11.5 Å². The second-order valence-corrected chi connectivity index (χ2v) is 7.54. The molecule has 6 nitrogen and oxygen atoms in total. The minimum Gasteiger partial charge on any atom is -0.489 e. The Morgan fingerprint density at radius 1 is 1.17 bits per heavy atom. The van der Waals surface area contributed by atoms with Crippen LogP contribution in [0.3, 0.4) is 0 Å². The molecule has 1 N–H and O–H groups in total. The monoisotopic (exact) mass is 405 g/mol. The van der Waals surface area contributed by atoms with Crippen LogP contribution >= 0.6 is 11.3 Å². The van der Waals surface area contributed by atoms with Gasteiger partial charge in [0, 0.05) is 11.8 Å². The van der Waals surface area contributed by atoms with Gasteiger partial charge in [0.2, 0.25) is 5.95 Å². The second kappa shape index (κ2) is 8.28. The predicted molar refractivity (Wildman–Crippen MR) is 112 cm³/mol. The van der Waals surface area contributed by atoms with Gasteiger partial charge >= 0.3 is 0 Å². The van der Waals surface area contributed by atoms with E-state index in [2.05, 4.69) is 21.4 Å². The molecule has 0 bridgehead atoms. The molecule has 0 spiro atoms. The van der Waals surface area contributed by atoms with Gasteiger partial charge in [-0.3, -0.25) is 10.1 Å². The van der Waals surface area contributed by atoms with Gasteiger partial charge in [-0.1, -0.05) is 6.07 Å². The molecule has 0 radical (unpaired) electrons. The number of hydrogen-bond acceptors (Lipinski definition) is 6. The van der Waals surface area contributed by atoms with Gasteiger partial charge in [0.15, 0.2) is 5.76 Å². The largest absolute Gasteiger partial charge is 0.489 e. The number of anilines is 1. The lowest BCUT2D eigenvalue weighted by molar-refractivity contribution is 0.102. The lowest BCUT2D eigenvalue weighted by Gasteiger charge is -2.07. The Morgan fingerprint density at radius 3 is 2.76 bits per heavy atom. The van der Waals surface area contributed by atoms with E-state index < -0.39 is 0 Å². The van der Waals surface area contributed by atoms with Crippen LogP contribution in [0.1, 0.15) is 26.4 Å². The first-order valence-electron chi connectivity index (χ1n) is 9.03. The highest BCUT2D eigenvalue weighted by atomic mass is 32.1. The maximum absolute atomic E-state index is 12.5. The van der Waals surface area contributed by atoms with Crippen LogP contribution in [0, 0.1) is 13.8 Å². The molecule has 0 aliphatic rings. The zero-order valence-electron chi connectivity index (χ0n) is 16.0. The number of nitrogens with zero attached hydrogens (tertiary/aromatic N) is 2. The number of ether oxygens (including phenoxy) is 1. The summed E-state index contributed by atoms with van der Waals surface area (Å²) in [6.45, 7) is 4.48. The normalized spacial score (nSPS) is 10.7. The smallest absolute Gasteiger partial charge is 0.268 e. The van der Waals surface area contributed by atoms with Gasteiger partial charge in [0.1, 0.15) is 18.1 Å². The zero-order chi connectivity index (χ0) is 20.2. The molecule has 3 aromatic heterocycles. The summed E-state index contributed by atoms with van der Waals surface area (Å²) in [7, 11) is 0. The summed E-state index contributed by atoms with van der Waals surface area (Å²) in [5, 5.41) is 4.64. The Morgan fingerprint density at radius 2 is 2.00 bits per heavy atom. The highest BCUT2D eigenvalue weighted by Gasteiger charge is 2.13. The molecule has 146 valence electrons. The summed E-state index contributed by atoms with van der Waals surface area (Å²) in [5.74, 6) is 1.40. The number of aromatic nitrogens is 2. The first-order chi connectivity index (χ1) is 14.1. The number of hydrogen-bond donors (Lipinski definition) is 1. The number of carbonyl (C=O) groups is 1. The van der Waals surface area contributed by atoms with Crippen LogP contribution < -0.4 is 10.1 Å². The molecule has 0 atom stereocenters. The molecule has 0 saturated carbocycles. The van der Waals surface area contributed by atoms with Gasteiger partial charge in [-0.05, 0) is 66.8 Å². The minimum atomic E-state index is -0.260. The summed E-state index contributed by atoms with van der Waals surface area (Å²) < 4.78 is 11.2. The van der Waals surface area contributed by atoms with E-state index in [0.29, 0.717) is 22.9 Å². The highest BCUT2D eigenvalue weighted by molar-refractivity contribution is 7.12. The number of furan rings is 1. The van der Waals surface area contributed by atoms with Gasteiger partial charge in [-0.25, -0.2) is 9.97 Å². The summed E-state index contributed by atoms with van der Waals surface area (Å²) >= 11 is 1.35. The van der Waals surface area contributed by atoms with E-state index in [1.165, 1.54) is 11.3 Å². The molecule has 4 aromatic rings. The molecule has 7 heteroatoms. The predicted octanol–water partition coefficient (Wildman–Crippen LogP) is 5.25. The van der Waals surface area contributed by atoms with E-state index in [1.807, 2.05) is 37.4 Å². The first-order valence-corrected chi connectivity index (χ1v) is 9.91. The molecule has 3 heterocycles. The van der Waals surface area contributed by atoms with Crippen LogP contribution in [-0.2, 0) is 6.61 Å². The summed E-state index contributed by atoms with van der Waals surface area (Å²) in [4.78, 5) is 21.5. The Balaban J connectivity index is 1.40. The molecule has 29 heavy (non-hydrogen) atoms. The second-order valence-electron chi connectivity index (χ2n) is 6.63. The van der Waals surface area contributed by atoms with Gasteiger partial charge in [0.05, 0.1) is 11.1 Å². The highest BCUT2D eigenvalue weighted by Crippen LogP contribution is 2.22. The number of aryl methyl sites for hydroxylation is 2. The van der Waals surface area contributed by atoms with Crippen LogP contribution in [-0.4, -0.2) is 15.9 Å². The van der Waals surface area contributed by atoms with Crippen molar-refractivity contribution in [2.75, 3.05) is 5.32 Å². The molecule has 0 aliphatic heterocycles. The lowest BCUT2D eigenvalue weighted by Crippen LogP contribution is -2.13. The fourth-order valence-electron chi connectivity index (χ4n) is 2.90. The molecule has 0 saturated heterocycles. The molecule has 0 aliphatic carbocycles. The van der Waals surface area contributed by atoms with Crippen molar-refractivity contribution < 1.29 is 13.9 Å². The topological polar surface area (TPSA) is 77.2 Å². The molecule has 0 unspecified atom stereocenters. The standard InChI is InChI=1S/C22H19N3O3S/c1-14-8-15(2)10-17(9-14)28-12-16-11-20(29-13-16)21(26)25-22-23-6-5-18(24-22)19-4-3-7-27-19/h3-11,13H,12H2,1-2H3,(H,23,24,25,26). The van der Waals surface area contributed by atoms with Crippen LogP contribution in [0.4, 0.5) is 5.95 Å². The average molecular weight is 405 g/mol. The molecule has 4 rings (SSSR count). The number of amides is 1. The number of rotatable bonds is 6. The Labute approximate surface area is 172 Å². The van der Waals surface area contributed by atoms with Crippen LogP contribution in [0.5, 0.6) is 5.75 Å². The van der Waals surface area contributed by atoms with Crippen molar-refractivity contribution in [3.63, 3.8) is 0 Å². The Hall–Kier alpha value is -3.45. The van der Waals surface area contributed by atoms with Crippen molar-refractivity contribution in [2.24, 2.45) is 0 Å². The Kier molecular flexibility index (Phi) is 5.39. The minimum absolute atomic E-state index is 0.227. The van der Waals surface area contributed by atoms with E-state index in [9.17, 15) is 4.79 Å². The van der Waals surface area contributed by atoms with Crippen molar-refractivity contribution in [1.29, 1.82) is 0 Å². The Bertz CT molecular complexity index is 1120. The van der Waals surface area contributed by atoms with Crippen molar-refractivity contribution in [1.82, 2.24) is 9.97 Å². The van der Waals surface area contributed by atoms with E-state index in [4.69, 9.17) is 9.15 Å². The SMILES string of the molecule is Cc1cc(C)cc(OCc2csc(C(=O)Nc3nccc(-c4ccco4)n3)c2)c1. The van der Waals surface area contributed by atoms with E-state index in [0.717, 1.165) is 22.4 Å². The first kappa shape index (κ1) is 18.9. The maximum atomic E-state index is 12.5. The van der Waals surface area contributed by atoms with E-state index in [-0.39, 0.29) is 11.9 Å². The summed E-state index contributed by atoms with van der Waals surface area (Å²) in [6.07, 6.45) is 3.15. The molecule has 1 aromatic carbocycles. The fourth-order valence-corrected chi connectivity index (χ4v) is 3.69. The van der Waals surface area contributed by atoms with E-state index >= 15 is 0 Å². The van der Waals surface area contributed by atoms with Crippen molar-refractivity contribution in [3.8, 4) is 17.2 Å². The number of thiophene rings is 1. The van der Waals surface area contributed by atoms with Crippen LogP contribution in [0.2, 0.25) is 0 Å². The third-order valence-electron chi connectivity index (χ3n) is 4.13. The van der Waals surface area contributed by atoms with Crippen molar-refractivity contribution in [3.05, 3.63) is 81.9 Å².